The Kier molecular flexibility index (Phi) is 3.25. The van der Waals surface area contributed by atoms with Gasteiger partial charge < -0.3 is 10.2 Å². The van der Waals surface area contributed by atoms with Crippen molar-refractivity contribution in [1.29, 1.82) is 0 Å². The largest absolute Gasteiger partial charge is 0.353 e. The zero-order valence-corrected chi connectivity index (χ0v) is 14.6. The maximum Gasteiger partial charge on any atom is 0.322 e. The molecule has 2 fully saturated rings. The second kappa shape index (κ2) is 5.39. The molecule has 1 aliphatic carbocycles. The van der Waals surface area contributed by atoms with Gasteiger partial charge >= 0.3 is 6.03 Å². The molecule has 7 nitrogen and oxygen atoms in total. The number of aryl methyl sites for hydroxylation is 2. The van der Waals surface area contributed by atoms with Crippen LogP contribution in [0, 0.1) is 0 Å². The number of carbonyl (C=O) groups is 2. The Bertz CT molecular complexity index is 895. The minimum Gasteiger partial charge on any atom is -0.353 e. The quantitative estimate of drug-likeness (QED) is 0.759. The van der Waals surface area contributed by atoms with Crippen LogP contribution in [0.15, 0.2) is 6.33 Å². The van der Waals surface area contributed by atoms with Crippen LogP contribution in [0.5, 0.6) is 0 Å². The van der Waals surface area contributed by atoms with Crippen molar-refractivity contribution in [3.05, 3.63) is 16.8 Å². The third-order valence-corrected chi connectivity index (χ3v) is 6.74. The van der Waals surface area contributed by atoms with Crippen LogP contribution in [0.4, 0.5) is 10.6 Å². The van der Waals surface area contributed by atoms with Gasteiger partial charge in [-0.15, -0.1) is 11.3 Å². The molecular weight excluding hydrogens is 338 g/mol. The first-order chi connectivity index (χ1) is 12.2. The summed E-state index contributed by atoms with van der Waals surface area (Å²) >= 11 is 1.78. The van der Waals surface area contributed by atoms with E-state index in [2.05, 4.69) is 25.5 Å². The Morgan fingerprint density at radius 2 is 2.04 bits per heavy atom. The van der Waals surface area contributed by atoms with Crippen LogP contribution in [0.1, 0.15) is 36.1 Å². The number of urea groups is 1. The number of nitrogens with one attached hydrogen (secondary N) is 2. The Morgan fingerprint density at radius 1 is 1.16 bits per heavy atom. The van der Waals surface area contributed by atoms with Crippen LogP contribution >= 0.6 is 11.3 Å². The summed E-state index contributed by atoms with van der Waals surface area (Å²) in [5.41, 5.74) is 0.560. The van der Waals surface area contributed by atoms with Gasteiger partial charge in [-0.1, -0.05) is 0 Å². The third-order valence-electron chi connectivity index (χ3n) is 5.54. The first-order valence-corrected chi connectivity index (χ1v) is 9.62. The van der Waals surface area contributed by atoms with Gasteiger partial charge in [0, 0.05) is 11.4 Å². The predicted molar refractivity (Wildman–Crippen MR) is 94.9 cm³/mol. The first-order valence-electron chi connectivity index (χ1n) is 8.80. The number of fused-ring (bicyclic) bond motifs is 3. The fraction of sp³-hybridized carbons (Fsp3) is 0.529. The van der Waals surface area contributed by atoms with Gasteiger partial charge in [0.2, 0.25) is 0 Å². The highest BCUT2D eigenvalue weighted by molar-refractivity contribution is 7.19. The highest BCUT2D eigenvalue weighted by Crippen LogP contribution is 2.40. The fourth-order valence-electron chi connectivity index (χ4n) is 4.37. The zero-order chi connectivity index (χ0) is 17.0. The lowest BCUT2D eigenvalue weighted by atomic mass is 9.89. The number of hydrogen-bond acceptors (Lipinski definition) is 6. The Labute approximate surface area is 148 Å². The van der Waals surface area contributed by atoms with Crippen LogP contribution in [-0.4, -0.2) is 40.5 Å². The summed E-state index contributed by atoms with van der Waals surface area (Å²) in [6.45, 7) is 1.29. The summed E-state index contributed by atoms with van der Waals surface area (Å²) in [4.78, 5) is 37.7. The molecule has 2 saturated heterocycles. The van der Waals surface area contributed by atoms with E-state index in [1.54, 1.807) is 17.7 Å². The molecule has 2 aromatic rings. The van der Waals surface area contributed by atoms with Crippen molar-refractivity contribution in [3.8, 4) is 0 Å². The first kappa shape index (κ1) is 15.1. The van der Waals surface area contributed by atoms with E-state index in [0.29, 0.717) is 13.0 Å². The second-order valence-electron chi connectivity index (χ2n) is 7.10. The number of anilines is 1. The van der Waals surface area contributed by atoms with E-state index in [1.807, 2.05) is 0 Å². The van der Waals surface area contributed by atoms with E-state index < -0.39 is 11.6 Å². The molecular formula is C17H19N5O2S. The highest BCUT2D eigenvalue weighted by Gasteiger charge is 2.49. The Morgan fingerprint density at radius 3 is 2.88 bits per heavy atom. The molecule has 5 rings (SSSR count). The second-order valence-corrected chi connectivity index (χ2v) is 8.19. The lowest BCUT2D eigenvalue weighted by molar-refractivity contribution is -0.124. The fourth-order valence-corrected chi connectivity index (χ4v) is 5.59. The molecule has 2 aromatic heterocycles. The number of piperidine rings is 1. The number of amides is 3. The summed E-state index contributed by atoms with van der Waals surface area (Å²) in [6, 6.07) is -0.396. The van der Waals surface area contributed by atoms with E-state index in [4.69, 9.17) is 0 Å². The number of thiophene rings is 1. The summed E-state index contributed by atoms with van der Waals surface area (Å²) < 4.78 is 0. The average molecular weight is 357 g/mol. The van der Waals surface area contributed by atoms with Crippen molar-refractivity contribution >= 4 is 39.3 Å². The van der Waals surface area contributed by atoms with Gasteiger partial charge in [-0.2, -0.15) is 0 Å². The minimum absolute atomic E-state index is 0.222. The van der Waals surface area contributed by atoms with Gasteiger partial charge in [0.05, 0.1) is 11.9 Å². The number of imide groups is 1. The van der Waals surface area contributed by atoms with E-state index in [-0.39, 0.29) is 5.91 Å². The molecule has 25 heavy (non-hydrogen) atoms. The molecule has 2 N–H and O–H groups in total. The minimum atomic E-state index is -0.831. The molecule has 1 unspecified atom stereocenters. The zero-order valence-electron chi connectivity index (χ0n) is 13.8. The maximum absolute atomic E-state index is 12.3. The van der Waals surface area contributed by atoms with E-state index in [1.165, 1.54) is 23.3 Å². The number of aromatic nitrogens is 2. The number of nitrogens with zero attached hydrogens (tertiary/aromatic N) is 3. The summed E-state index contributed by atoms with van der Waals surface area (Å²) in [7, 11) is 0. The number of carbonyl (C=O) groups excluding carboxylic acids is 2. The smallest absolute Gasteiger partial charge is 0.322 e. The molecule has 4 heterocycles. The van der Waals surface area contributed by atoms with Crippen molar-refractivity contribution < 1.29 is 9.59 Å². The summed E-state index contributed by atoms with van der Waals surface area (Å²) in [5.74, 6) is 0.692. The van der Waals surface area contributed by atoms with Crippen LogP contribution < -0.4 is 15.5 Å². The summed E-state index contributed by atoms with van der Waals surface area (Å²) in [5, 5.41) is 6.38. The van der Waals surface area contributed by atoms with Crippen molar-refractivity contribution in [2.75, 3.05) is 18.0 Å². The van der Waals surface area contributed by atoms with Gasteiger partial charge in [0.15, 0.2) is 0 Å². The molecule has 8 heteroatoms. The van der Waals surface area contributed by atoms with Crippen molar-refractivity contribution in [3.63, 3.8) is 0 Å². The van der Waals surface area contributed by atoms with Gasteiger partial charge in [0.1, 0.15) is 22.5 Å². The molecule has 0 bridgehead atoms. The van der Waals surface area contributed by atoms with Gasteiger partial charge in [-0.25, -0.2) is 14.8 Å². The predicted octanol–water partition coefficient (Wildman–Crippen LogP) is 1.75. The van der Waals surface area contributed by atoms with E-state index >= 15 is 0 Å². The molecule has 3 aliphatic rings. The van der Waals surface area contributed by atoms with Crippen LogP contribution in [-0.2, 0) is 17.6 Å². The van der Waals surface area contributed by atoms with E-state index in [9.17, 15) is 9.59 Å². The van der Waals surface area contributed by atoms with Gasteiger partial charge in [-0.05, 0) is 44.1 Å². The molecule has 0 radical (unpaired) electrons. The van der Waals surface area contributed by atoms with Crippen molar-refractivity contribution in [2.24, 2.45) is 0 Å². The van der Waals surface area contributed by atoms with Crippen LogP contribution in [0.3, 0.4) is 0 Å². The lowest BCUT2D eigenvalue weighted by Crippen LogP contribution is -2.58. The van der Waals surface area contributed by atoms with Crippen LogP contribution in [0.25, 0.3) is 10.2 Å². The van der Waals surface area contributed by atoms with Crippen molar-refractivity contribution in [2.45, 2.75) is 44.1 Å². The SMILES string of the molecule is O=C1NC(=O)C2(CCCN(c3ncnc4sc5c(c34)CCCC5)C2)N1. The topological polar surface area (TPSA) is 87.2 Å². The van der Waals surface area contributed by atoms with Gasteiger partial charge in [0.25, 0.3) is 5.91 Å². The molecule has 0 aromatic carbocycles. The van der Waals surface area contributed by atoms with Crippen LogP contribution in [0.2, 0.25) is 0 Å². The number of hydrogen-bond donors (Lipinski definition) is 2. The molecule has 3 amide bonds. The average Bonchev–Trinajstić information content (AvgIpc) is 3.12. The molecule has 0 saturated carbocycles. The molecule has 2 aliphatic heterocycles. The third kappa shape index (κ3) is 2.23. The highest BCUT2D eigenvalue weighted by atomic mass is 32.1. The Balaban J connectivity index is 1.58. The normalized spacial score (nSPS) is 26.0. The lowest BCUT2D eigenvalue weighted by Gasteiger charge is -2.38. The van der Waals surface area contributed by atoms with Gasteiger partial charge in [-0.3, -0.25) is 10.1 Å². The standard InChI is InChI=1S/C17H19N5O2S/c23-15-17(21-16(24)20-15)6-3-7-22(8-17)13-12-10-4-1-2-5-11(10)25-14(12)19-9-18-13/h9H,1-8H2,(H2,20,21,23,24). The monoisotopic (exact) mass is 357 g/mol. The Hall–Kier alpha value is -2.22. The molecule has 1 atom stereocenters. The maximum atomic E-state index is 12.3. The number of rotatable bonds is 1. The van der Waals surface area contributed by atoms with Crippen molar-refractivity contribution in [1.82, 2.24) is 20.6 Å². The molecule has 1 spiro atoms. The summed E-state index contributed by atoms with van der Waals surface area (Å²) in [6.07, 6.45) is 7.76. The molecule has 130 valence electrons. The van der Waals surface area contributed by atoms with E-state index in [0.717, 1.165) is 41.8 Å².